The van der Waals surface area contributed by atoms with Gasteiger partial charge in [-0.1, -0.05) is 36.1 Å². The van der Waals surface area contributed by atoms with Crippen LogP contribution in [-0.4, -0.2) is 101 Å². The molecule has 0 aromatic heterocycles. The highest BCUT2D eigenvalue weighted by Gasteiger charge is 2.38. The topological polar surface area (TPSA) is 192 Å². The van der Waals surface area contributed by atoms with Gasteiger partial charge < -0.3 is 35.2 Å². The van der Waals surface area contributed by atoms with Crippen molar-refractivity contribution in [3.8, 4) is 24.7 Å². The molecular weight excluding hydrogens is 708 g/mol. The first-order valence-electron chi connectivity index (χ1n) is 16.7. The van der Waals surface area contributed by atoms with Crippen molar-refractivity contribution in [1.29, 1.82) is 0 Å². The predicted octanol–water partition coefficient (Wildman–Crippen LogP) is 3.15. The Kier molecular flexibility index (Phi) is 12.7. The number of aliphatic hydroxyl groups excluding tert-OH is 2. The summed E-state index contributed by atoms with van der Waals surface area (Å²) in [6.45, 7) is -2.56. The molecule has 0 aliphatic carbocycles. The van der Waals surface area contributed by atoms with Gasteiger partial charge in [0.15, 0.2) is 0 Å². The summed E-state index contributed by atoms with van der Waals surface area (Å²) in [7, 11) is 0. The number of hydrogen-bond acceptors (Lipinski definition) is 10. The molecule has 1 heterocycles. The van der Waals surface area contributed by atoms with Gasteiger partial charge in [-0.05, 0) is 72.8 Å². The summed E-state index contributed by atoms with van der Waals surface area (Å²) >= 11 is 0. The average molecular weight is 743 g/mol. The summed E-state index contributed by atoms with van der Waals surface area (Å²) in [6.07, 6.45) is 7.82. The minimum Gasteiger partial charge on any atom is -0.459 e. The Bertz CT molecular complexity index is 2190. The van der Waals surface area contributed by atoms with Crippen molar-refractivity contribution >= 4 is 47.1 Å². The highest BCUT2D eigenvalue weighted by Crippen LogP contribution is 2.18. The van der Waals surface area contributed by atoms with Crippen LogP contribution in [0, 0.1) is 24.7 Å². The van der Waals surface area contributed by atoms with Gasteiger partial charge in [0.1, 0.15) is 32.0 Å². The Hall–Kier alpha value is -7.26. The molecule has 55 heavy (non-hydrogen) atoms. The predicted molar refractivity (Wildman–Crippen MR) is 199 cm³/mol. The molecule has 5 rings (SSSR count). The van der Waals surface area contributed by atoms with E-state index in [2.05, 4.69) is 22.5 Å². The standard InChI is InChI=1S/C41H34N4O10/c1-3-26-13-17-28(18-14-26)42-37(49)32-9-5-7-11-34(32)39(51)54-24-30(46)21-44-23-36(48)45(41(44)53)22-31(47)25-55-40(52)35-12-8-6-10-33(35)38(50)43-29-19-15-27(4-2)16-20-29/h1-2,5-20,30-31,46-47H,21-25H2,(H,42,49)(H,43,50). The van der Waals surface area contributed by atoms with Gasteiger partial charge in [0.2, 0.25) is 5.91 Å². The minimum absolute atomic E-state index is 0.00523. The van der Waals surface area contributed by atoms with Gasteiger partial charge in [0.05, 0.1) is 35.3 Å². The number of benzene rings is 4. The molecule has 4 aromatic carbocycles. The molecule has 2 atom stereocenters. The lowest BCUT2D eigenvalue weighted by atomic mass is 10.1. The maximum absolute atomic E-state index is 13.0. The van der Waals surface area contributed by atoms with Crippen LogP contribution < -0.4 is 10.6 Å². The third-order valence-corrected chi connectivity index (χ3v) is 8.17. The number of hydrogen-bond donors (Lipinski definition) is 4. The van der Waals surface area contributed by atoms with E-state index in [0.29, 0.717) is 22.5 Å². The number of terminal acetylenes is 2. The summed E-state index contributed by atoms with van der Waals surface area (Å²) in [4.78, 5) is 79.1. The highest BCUT2D eigenvalue weighted by atomic mass is 16.5. The van der Waals surface area contributed by atoms with E-state index in [4.69, 9.17) is 22.3 Å². The molecule has 1 saturated heterocycles. The molecular formula is C41H34N4O10. The van der Waals surface area contributed by atoms with Crippen LogP contribution in [0.1, 0.15) is 52.6 Å². The fourth-order valence-electron chi connectivity index (χ4n) is 5.40. The number of urea groups is 1. The van der Waals surface area contributed by atoms with Crippen molar-refractivity contribution in [1.82, 2.24) is 9.80 Å². The molecule has 0 bridgehead atoms. The van der Waals surface area contributed by atoms with E-state index >= 15 is 0 Å². The molecule has 4 N–H and O–H groups in total. The van der Waals surface area contributed by atoms with Gasteiger partial charge in [-0.2, -0.15) is 0 Å². The van der Waals surface area contributed by atoms with E-state index in [1.807, 2.05) is 0 Å². The quantitative estimate of drug-likeness (QED) is 0.0848. The number of ether oxygens (including phenoxy) is 2. The van der Waals surface area contributed by atoms with Gasteiger partial charge in [-0.3, -0.25) is 19.3 Å². The van der Waals surface area contributed by atoms with E-state index in [1.165, 1.54) is 36.4 Å². The molecule has 1 aliphatic heterocycles. The zero-order valence-corrected chi connectivity index (χ0v) is 29.1. The lowest BCUT2D eigenvalue weighted by Crippen LogP contribution is -2.42. The van der Waals surface area contributed by atoms with Crippen molar-refractivity contribution in [2.45, 2.75) is 12.2 Å². The summed E-state index contributed by atoms with van der Waals surface area (Å²) in [6, 6.07) is 24.0. The van der Waals surface area contributed by atoms with E-state index in [9.17, 15) is 39.0 Å². The smallest absolute Gasteiger partial charge is 0.339 e. The van der Waals surface area contributed by atoms with E-state index in [1.54, 1.807) is 60.7 Å². The third-order valence-electron chi connectivity index (χ3n) is 8.17. The monoisotopic (exact) mass is 742 g/mol. The first kappa shape index (κ1) is 39.0. The molecule has 5 amide bonds. The number of amides is 5. The third kappa shape index (κ3) is 10.00. The first-order chi connectivity index (χ1) is 26.5. The largest absolute Gasteiger partial charge is 0.459 e. The highest BCUT2D eigenvalue weighted by molar-refractivity contribution is 6.12. The molecule has 14 nitrogen and oxygen atoms in total. The van der Waals surface area contributed by atoms with Gasteiger partial charge in [-0.25, -0.2) is 14.4 Å². The van der Waals surface area contributed by atoms with E-state index in [-0.39, 0.29) is 22.3 Å². The van der Waals surface area contributed by atoms with Gasteiger partial charge in [-0.15, -0.1) is 12.8 Å². The van der Waals surface area contributed by atoms with Crippen LogP contribution in [0.5, 0.6) is 0 Å². The number of β-amino-alcohol motifs (C(OH)–C–C–N with tert-alkyl or cyclic N) is 2. The number of nitrogens with zero attached hydrogens (tertiary/aromatic N) is 2. The first-order valence-corrected chi connectivity index (χ1v) is 16.7. The Labute approximate surface area is 315 Å². The molecule has 0 spiro atoms. The number of imide groups is 1. The molecule has 278 valence electrons. The molecule has 1 fully saturated rings. The van der Waals surface area contributed by atoms with Gasteiger partial charge >= 0.3 is 18.0 Å². The van der Waals surface area contributed by atoms with Crippen LogP contribution in [0.15, 0.2) is 97.1 Å². The van der Waals surface area contributed by atoms with Crippen molar-refractivity contribution in [2.75, 3.05) is 43.5 Å². The second-order valence-electron chi connectivity index (χ2n) is 12.1. The average Bonchev–Trinajstić information content (AvgIpc) is 3.46. The van der Waals surface area contributed by atoms with Crippen LogP contribution in [0.3, 0.4) is 0 Å². The number of esters is 2. The number of nitrogens with one attached hydrogen (secondary N) is 2. The molecule has 14 heteroatoms. The minimum atomic E-state index is -1.49. The lowest BCUT2D eigenvalue weighted by molar-refractivity contribution is -0.126. The van der Waals surface area contributed by atoms with Crippen LogP contribution in [-0.2, 0) is 14.3 Å². The zero-order valence-electron chi connectivity index (χ0n) is 29.1. The number of carbonyl (C=O) groups is 6. The van der Waals surface area contributed by atoms with Crippen molar-refractivity contribution < 1.29 is 48.5 Å². The fourth-order valence-corrected chi connectivity index (χ4v) is 5.40. The Balaban J connectivity index is 1.09. The lowest BCUT2D eigenvalue weighted by Gasteiger charge is -2.21. The van der Waals surface area contributed by atoms with Crippen LogP contribution >= 0.6 is 0 Å². The van der Waals surface area contributed by atoms with Crippen molar-refractivity contribution in [3.05, 3.63) is 130 Å². The summed E-state index contributed by atoms with van der Waals surface area (Å²) in [5, 5.41) is 26.5. The van der Waals surface area contributed by atoms with Gasteiger partial charge in [0, 0.05) is 22.5 Å². The summed E-state index contributed by atoms with van der Waals surface area (Å²) in [5.74, 6) is 1.24. The molecule has 0 saturated carbocycles. The molecule has 1 aliphatic rings. The maximum Gasteiger partial charge on any atom is 0.339 e. The van der Waals surface area contributed by atoms with Crippen LogP contribution in [0.2, 0.25) is 0 Å². The Morgan fingerprint density at radius 2 is 1.04 bits per heavy atom. The van der Waals surface area contributed by atoms with Crippen molar-refractivity contribution in [2.24, 2.45) is 0 Å². The normalized spacial score (nSPS) is 13.2. The Morgan fingerprint density at radius 3 is 1.45 bits per heavy atom. The van der Waals surface area contributed by atoms with Gasteiger partial charge in [0.25, 0.3) is 11.8 Å². The summed E-state index contributed by atoms with van der Waals surface area (Å²) < 4.78 is 10.4. The molecule has 0 radical (unpaired) electrons. The molecule has 4 aromatic rings. The fraction of sp³-hybridized carbons (Fsp3) is 0.171. The number of rotatable bonds is 14. The summed E-state index contributed by atoms with van der Waals surface area (Å²) in [5.41, 5.74) is 2.00. The Morgan fingerprint density at radius 1 is 0.636 bits per heavy atom. The van der Waals surface area contributed by atoms with Crippen molar-refractivity contribution in [3.63, 3.8) is 0 Å². The maximum atomic E-state index is 13.0. The number of anilines is 2. The van der Waals surface area contributed by atoms with Crippen LogP contribution in [0.4, 0.5) is 16.2 Å². The van der Waals surface area contributed by atoms with E-state index < -0.39 is 80.7 Å². The van der Waals surface area contributed by atoms with E-state index in [0.717, 1.165) is 9.80 Å². The molecule has 2 unspecified atom stereocenters. The second kappa shape index (κ2) is 18.0. The van der Waals surface area contributed by atoms with Crippen LogP contribution in [0.25, 0.3) is 0 Å². The zero-order chi connectivity index (χ0) is 39.5. The number of carbonyl (C=O) groups excluding carboxylic acids is 6. The number of aliphatic hydroxyl groups is 2. The second-order valence-corrected chi connectivity index (χ2v) is 12.1. The SMILES string of the molecule is C#Cc1ccc(NC(=O)c2ccccc2C(=O)OCC(O)CN2CC(=O)N(CC(O)COC(=O)c3ccccc3C(=O)Nc3ccc(C#C)cc3)C2=O)cc1.